The molecule has 1 aliphatic carbocycles. The van der Waals surface area contributed by atoms with Crippen molar-refractivity contribution in [3.63, 3.8) is 0 Å². The minimum absolute atomic E-state index is 0.0219. The monoisotopic (exact) mass is 262 g/mol. The molecule has 1 fully saturated rings. The molecule has 2 rings (SSSR count). The maximum absolute atomic E-state index is 11.7. The molecule has 1 aromatic carbocycles. The highest BCUT2D eigenvalue weighted by Crippen LogP contribution is 2.28. The van der Waals surface area contributed by atoms with E-state index in [1.165, 1.54) is 12.8 Å². The van der Waals surface area contributed by atoms with Crippen LogP contribution in [0.4, 0.5) is 0 Å². The van der Waals surface area contributed by atoms with E-state index >= 15 is 0 Å². The maximum atomic E-state index is 11.7. The minimum Gasteiger partial charge on any atom is -0.379 e. The molecule has 1 atom stereocenters. The van der Waals surface area contributed by atoms with Gasteiger partial charge in [0.05, 0.1) is 6.61 Å². The van der Waals surface area contributed by atoms with Gasteiger partial charge in [-0.2, -0.15) is 0 Å². The number of carbonyl (C=O) groups is 1. The van der Waals surface area contributed by atoms with Crippen LogP contribution in [0.3, 0.4) is 0 Å². The molecule has 0 heterocycles. The molecule has 0 radical (unpaired) electrons. The van der Waals surface area contributed by atoms with E-state index in [4.69, 9.17) is 10.5 Å². The number of rotatable bonds is 8. The van der Waals surface area contributed by atoms with Gasteiger partial charge in [0.15, 0.2) is 0 Å². The molecule has 0 bridgehead atoms. The Morgan fingerprint density at radius 3 is 2.79 bits per heavy atom. The van der Waals surface area contributed by atoms with E-state index in [1.54, 1.807) is 0 Å². The van der Waals surface area contributed by atoms with Gasteiger partial charge in [0.25, 0.3) is 0 Å². The van der Waals surface area contributed by atoms with Gasteiger partial charge in [0, 0.05) is 25.6 Å². The van der Waals surface area contributed by atoms with Crippen LogP contribution < -0.4 is 11.1 Å². The molecule has 1 saturated carbocycles. The van der Waals surface area contributed by atoms with Crippen LogP contribution in [0.15, 0.2) is 30.3 Å². The average molecular weight is 262 g/mol. The third kappa shape index (κ3) is 5.41. The highest BCUT2D eigenvalue weighted by Gasteiger charge is 2.20. The van der Waals surface area contributed by atoms with Crippen LogP contribution in [0.5, 0.6) is 0 Å². The quantitative estimate of drug-likeness (QED) is 0.700. The van der Waals surface area contributed by atoms with E-state index < -0.39 is 0 Å². The summed E-state index contributed by atoms with van der Waals surface area (Å²) in [5.74, 6) is 0.744. The Balaban J connectivity index is 1.58. The first kappa shape index (κ1) is 14.0. The molecule has 19 heavy (non-hydrogen) atoms. The fraction of sp³-hybridized carbons (Fsp3) is 0.533. The summed E-state index contributed by atoms with van der Waals surface area (Å²) in [6, 6.07) is 9.44. The summed E-state index contributed by atoms with van der Waals surface area (Å²) in [7, 11) is 0. The number of amides is 1. The number of carbonyl (C=O) groups excluding carboxylic acids is 1. The number of nitrogens with two attached hydrogens (primary N) is 1. The predicted molar refractivity (Wildman–Crippen MR) is 74.5 cm³/mol. The van der Waals surface area contributed by atoms with Gasteiger partial charge in [-0.25, -0.2) is 0 Å². The molecule has 0 aliphatic heterocycles. The SMILES string of the molecule is NC(CC(=O)NCCOCC1CC1)c1ccccc1. The van der Waals surface area contributed by atoms with Crippen LogP contribution in [-0.4, -0.2) is 25.7 Å². The van der Waals surface area contributed by atoms with Gasteiger partial charge in [-0.3, -0.25) is 4.79 Å². The van der Waals surface area contributed by atoms with Gasteiger partial charge < -0.3 is 15.8 Å². The molecule has 1 unspecified atom stereocenters. The first-order chi connectivity index (χ1) is 9.25. The summed E-state index contributed by atoms with van der Waals surface area (Å²) >= 11 is 0. The molecule has 104 valence electrons. The standard InChI is InChI=1S/C15H22N2O2/c16-14(13-4-2-1-3-5-13)10-15(18)17-8-9-19-11-12-6-7-12/h1-5,12,14H,6-11,16H2,(H,17,18). The molecule has 4 heteroatoms. The Morgan fingerprint density at radius 2 is 2.11 bits per heavy atom. The fourth-order valence-corrected chi connectivity index (χ4v) is 1.89. The van der Waals surface area contributed by atoms with Crippen LogP contribution in [0.2, 0.25) is 0 Å². The lowest BCUT2D eigenvalue weighted by atomic mass is 10.0. The molecule has 0 spiro atoms. The van der Waals surface area contributed by atoms with E-state index in [1.807, 2.05) is 30.3 Å². The number of benzene rings is 1. The molecule has 0 aromatic heterocycles. The molecule has 0 saturated heterocycles. The normalized spacial score (nSPS) is 16.1. The van der Waals surface area contributed by atoms with E-state index in [-0.39, 0.29) is 11.9 Å². The van der Waals surface area contributed by atoms with Gasteiger partial charge in [0.2, 0.25) is 5.91 Å². The van der Waals surface area contributed by atoms with Crippen molar-refractivity contribution in [3.8, 4) is 0 Å². The van der Waals surface area contributed by atoms with Crippen molar-refractivity contribution in [1.82, 2.24) is 5.32 Å². The lowest BCUT2D eigenvalue weighted by Gasteiger charge is -2.12. The second kappa shape index (κ2) is 7.26. The van der Waals surface area contributed by atoms with Crippen molar-refractivity contribution in [3.05, 3.63) is 35.9 Å². The van der Waals surface area contributed by atoms with Crippen molar-refractivity contribution in [2.24, 2.45) is 11.7 Å². The Bertz CT molecular complexity index is 390. The Labute approximate surface area is 114 Å². The summed E-state index contributed by atoms with van der Waals surface area (Å²) in [4.78, 5) is 11.7. The van der Waals surface area contributed by atoms with Crippen molar-refractivity contribution in [1.29, 1.82) is 0 Å². The molecular weight excluding hydrogens is 240 g/mol. The average Bonchev–Trinajstić information content (AvgIpc) is 3.23. The van der Waals surface area contributed by atoms with E-state index in [2.05, 4.69) is 5.32 Å². The summed E-state index contributed by atoms with van der Waals surface area (Å²) in [5.41, 5.74) is 6.97. The van der Waals surface area contributed by atoms with Crippen LogP contribution in [0, 0.1) is 5.92 Å². The van der Waals surface area contributed by atoms with Gasteiger partial charge in [-0.15, -0.1) is 0 Å². The van der Waals surface area contributed by atoms with Gasteiger partial charge in [0.1, 0.15) is 0 Å². The van der Waals surface area contributed by atoms with Crippen molar-refractivity contribution in [2.75, 3.05) is 19.8 Å². The van der Waals surface area contributed by atoms with Gasteiger partial charge in [-0.1, -0.05) is 30.3 Å². The van der Waals surface area contributed by atoms with Crippen molar-refractivity contribution >= 4 is 5.91 Å². The Kier molecular flexibility index (Phi) is 5.36. The van der Waals surface area contributed by atoms with Crippen molar-refractivity contribution < 1.29 is 9.53 Å². The number of nitrogens with one attached hydrogen (secondary N) is 1. The lowest BCUT2D eigenvalue weighted by Crippen LogP contribution is -2.30. The second-order valence-corrected chi connectivity index (χ2v) is 5.09. The highest BCUT2D eigenvalue weighted by molar-refractivity contribution is 5.76. The van der Waals surface area contributed by atoms with Gasteiger partial charge >= 0.3 is 0 Å². The van der Waals surface area contributed by atoms with Crippen LogP contribution >= 0.6 is 0 Å². The third-order valence-electron chi connectivity index (χ3n) is 3.25. The zero-order valence-corrected chi connectivity index (χ0v) is 11.2. The largest absolute Gasteiger partial charge is 0.379 e. The van der Waals surface area contributed by atoms with E-state index in [0.29, 0.717) is 19.6 Å². The third-order valence-corrected chi connectivity index (χ3v) is 3.25. The summed E-state index contributed by atoms with van der Waals surface area (Å²) in [6.45, 7) is 1.98. The lowest BCUT2D eigenvalue weighted by molar-refractivity contribution is -0.121. The molecule has 1 aromatic rings. The predicted octanol–water partition coefficient (Wildman–Crippen LogP) is 1.62. The molecule has 4 nitrogen and oxygen atoms in total. The molecule has 1 amide bonds. The minimum atomic E-state index is -0.242. The molecular formula is C15H22N2O2. The highest BCUT2D eigenvalue weighted by atomic mass is 16.5. The Hall–Kier alpha value is -1.39. The van der Waals surface area contributed by atoms with E-state index in [0.717, 1.165) is 18.1 Å². The van der Waals surface area contributed by atoms with Crippen LogP contribution in [0.25, 0.3) is 0 Å². The van der Waals surface area contributed by atoms with E-state index in [9.17, 15) is 4.79 Å². The van der Waals surface area contributed by atoms with Crippen molar-refractivity contribution in [2.45, 2.75) is 25.3 Å². The molecule has 3 N–H and O–H groups in total. The first-order valence-electron chi connectivity index (χ1n) is 6.90. The number of hydrogen-bond donors (Lipinski definition) is 2. The second-order valence-electron chi connectivity index (χ2n) is 5.09. The summed E-state index contributed by atoms with van der Waals surface area (Å²) in [6.07, 6.45) is 2.89. The molecule has 1 aliphatic rings. The maximum Gasteiger partial charge on any atom is 0.221 e. The smallest absolute Gasteiger partial charge is 0.221 e. The zero-order chi connectivity index (χ0) is 13.5. The summed E-state index contributed by atoms with van der Waals surface area (Å²) in [5, 5.41) is 2.83. The first-order valence-corrected chi connectivity index (χ1v) is 6.90. The zero-order valence-electron chi connectivity index (χ0n) is 11.2. The Morgan fingerprint density at radius 1 is 1.37 bits per heavy atom. The van der Waals surface area contributed by atoms with Crippen LogP contribution in [0.1, 0.15) is 30.9 Å². The summed E-state index contributed by atoms with van der Waals surface area (Å²) < 4.78 is 5.45. The topological polar surface area (TPSA) is 64.4 Å². The number of hydrogen-bond acceptors (Lipinski definition) is 3. The fourth-order valence-electron chi connectivity index (χ4n) is 1.89. The number of ether oxygens (including phenoxy) is 1. The van der Waals surface area contributed by atoms with Crippen LogP contribution in [-0.2, 0) is 9.53 Å². The van der Waals surface area contributed by atoms with Gasteiger partial charge in [-0.05, 0) is 24.3 Å².